The predicted octanol–water partition coefficient (Wildman–Crippen LogP) is 2.65. The lowest BCUT2D eigenvalue weighted by atomic mass is 10.1. The van der Waals surface area contributed by atoms with Crippen molar-refractivity contribution < 1.29 is 0 Å². The SMILES string of the molecule is Cc1ccc2n1Cc1ccccc1N1CCN(C)CC21. The van der Waals surface area contributed by atoms with Gasteiger partial charge in [-0.05, 0) is 37.7 Å². The number of aryl methyl sites for hydroxylation is 1. The summed E-state index contributed by atoms with van der Waals surface area (Å²) in [4.78, 5) is 5.05. The van der Waals surface area contributed by atoms with Crippen LogP contribution in [0.3, 0.4) is 0 Å². The summed E-state index contributed by atoms with van der Waals surface area (Å²) in [6, 6.07) is 13.9. The molecule has 0 bridgehead atoms. The highest BCUT2D eigenvalue weighted by molar-refractivity contribution is 5.57. The van der Waals surface area contributed by atoms with Crippen LogP contribution in [0.2, 0.25) is 0 Å². The zero-order chi connectivity index (χ0) is 13.7. The Labute approximate surface area is 120 Å². The van der Waals surface area contributed by atoms with Crippen molar-refractivity contribution in [3.63, 3.8) is 0 Å². The molecule has 0 saturated carbocycles. The number of para-hydroxylation sites is 1. The minimum Gasteiger partial charge on any atom is -0.360 e. The molecule has 0 spiro atoms. The normalized spacial score (nSPS) is 21.9. The summed E-state index contributed by atoms with van der Waals surface area (Å²) >= 11 is 0. The van der Waals surface area contributed by atoms with E-state index in [2.05, 4.69) is 64.7 Å². The Kier molecular flexibility index (Phi) is 2.64. The maximum Gasteiger partial charge on any atom is 0.0821 e. The molecule has 2 aromatic rings. The lowest BCUT2D eigenvalue weighted by Crippen LogP contribution is -2.47. The summed E-state index contributed by atoms with van der Waals surface area (Å²) in [5.74, 6) is 0. The molecule has 0 amide bonds. The van der Waals surface area contributed by atoms with Gasteiger partial charge in [0.2, 0.25) is 0 Å². The zero-order valence-electron chi connectivity index (χ0n) is 12.2. The van der Waals surface area contributed by atoms with Crippen LogP contribution in [0, 0.1) is 6.92 Å². The van der Waals surface area contributed by atoms with E-state index >= 15 is 0 Å². The second-order valence-corrected chi connectivity index (χ2v) is 6.09. The van der Waals surface area contributed by atoms with E-state index in [1.165, 1.54) is 22.6 Å². The van der Waals surface area contributed by atoms with Crippen LogP contribution in [0.25, 0.3) is 0 Å². The third kappa shape index (κ3) is 1.70. The summed E-state index contributed by atoms with van der Waals surface area (Å²) in [6.45, 7) is 6.58. The average Bonchev–Trinajstić information content (AvgIpc) is 2.75. The molecule has 1 unspecified atom stereocenters. The number of likely N-dealkylation sites (N-methyl/N-ethyl adjacent to an activating group) is 1. The van der Waals surface area contributed by atoms with Crippen LogP contribution in [0.5, 0.6) is 0 Å². The van der Waals surface area contributed by atoms with Gasteiger partial charge in [0.25, 0.3) is 0 Å². The molecule has 3 heteroatoms. The van der Waals surface area contributed by atoms with Crippen molar-refractivity contribution in [3.8, 4) is 0 Å². The molecule has 2 aliphatic rings. The maximum atomic E-state index is 2.60. The monoisotopic (exact) mass is 267 g/mol. The molecule has 1 aromatic carbocycles. The van der Waals surface area contributed by atoms with E-state index in [0.717, 1.165) is 26.2 Å². The topological polar surface area (TPSA) is 11.4 Å². The Balaban J connectivity index is 1.91. The number of anilines is 1. The average molecular weight is 267 g/mol. The highest BCUT2D eigenvalue weighted by Gasteiger charge is 2.32. The molecule has 1 fully saturated rings. The number of fused-ring (bicyclic) bond motifs is 5. The van der Waals surface area contributed by atoms with Crippen molar-refractivity contribution in [1.29, 1.82) is 0 Å². The second-order valence-electron chi connectivity index (χ2n) is 6.09. The Morgan fingerprint density at radius 2 is 1.90 bits per heavy atom. The first-order valence-corrected chi connectivity index (χ1v) is 7.43. The molecule has 3 nitrogen and oxygen atoms in total. The van der Waals surface area contributed by atoms with Gasteiger partial charge in [0, 0.05) is 43.3 Å². The minimum absolute atomic E-state index is 0.478. The van der Waals surface area contributed by atoms with Crippen LogP contribution >= 0.6 is 0 Å². The molecular weight excluding hydrogens is 246 g/mol. The summed E-state index contributed by atoms with van der Waals surface area (Å²) in [5, 5.41) is 0. The van der Waals surface area contributed by atoms with E-state index in [9.17, 15) is 0 Å². The maximum absolute atomic E-state index is 2.60. The van der Waals surface area contributed by atoms with E-state index in [1.54, 1.807) is 0 Å². The lowest BCUT2D eigenvalue weighted by Gasteiger charge is -2.41. The molecule has 104 valence electrons. The van der Waals surface area contributed by atoms with Gasteiger partial charge in [0.15, 0.2) is 0 Å². The van der Waals surface area contributed by atoms with Crippen molar-refractivity contribution >= 4 is 5.69 Å². The fourth-order valence-electron chi connectivity index (χ4n) is 3.65. The Morgan fingerprint density at radius 3 is 2.80 bits per heavy atom. The number of rotatable bonds is 0. The summed E-state index contributed by atoms with van der Waals surface area (Å²) < 4.78 is 2.49. The molecule has 3 heterocycles. The van der Waals surface area contributed by atoms with E-state index in [1.807, 2.05) is 0 Å². The second kappa shape index (κ2) is 4.38. The van der Waals surface area contributed by atoms with Crippen molar-refractivity contribution in [2.24, 2.45) is 0 Å². The number of hydrogen-bond acceptors (Lipinski definition) is 2. The lowest BCUT2D eigenvalue weighted by molar-refractivity contribution is 0.266. The highest BCUT2D eigenvalue weighted by Crippen LogP contribution is 2.37. The standard InChI is InChI=1S/C17H21N3/c1-13-7-8-16-17-12-18(2)9-10-19(17)15-6-4-3-5-14(15)11-20(13)16/h3-8,17H,9-12H2,1-2H3. The van der Waals surface area contributed by atoms with Crippen LogP contribution in [0.15, 0.2) is 36.4 Å². The molecular formula is C17H21N3. The molecule has 1 aromatic heterocycles. The van der Waals surface area contributed by atoms with Crippen LogP contribution in [0.4, 0.5) is 5.69 Å². The van der Waals surface area contributed by atoms with Gasteiger partial charge < -0.3 is 14.4 Å². The quantitative estimate of drug-likeness (QED) is 0.727. The molecule has 20 heavy (non-hydrogen) atoms. The van der Waals surface area contributed by atoms with Gasteiger partial charge in [-0.15, -0.1) is 0 Å². The van der Waals surface area contributed by atoms with Crippen molar-refractivity contribution in [2.45, 2.75) is 19.5 Å². The van der Waals surface area contributed by atoms with Gasteiger partial charge in [-0.25, -0.2) is 0 Å². The number of nitrogens with zero attached hydrogens (tertiary/aromatic N) is 3. The molecule has 0 aliphatic carbocycles. The molecule has 1 atom stereocenters. The fraction of sp³-hybridized carbons (Fsp3) is 0.412. The van der Waals surface area contributed by atoms with Crippen LogP contribution < -0.4 is 4.90 Å². The fourth-order valence-corrected chi connectivity index (χ4v) is 3.65. The Bertz CT molecular complexity index is 643. The van der Waals surface area contributed by atoms with Gasteiger partial charge >= 0.3 is 0 Å². The van der Waals surface area contributed by atoms with E-state index in [0.29, 0.717) is 6.04 Å². The highest BCUT2D eigenvalue weighted by atomic mass is 15.3. The Morgan fingerprint density at radius 1 is 1.05 bits per heavy atom. The van der Waals surface area contributed by atoms with Gasteiger partial charge in [0.1, 0.15) is 0 Å². The summed E-state index contributed by atoms with van der Waals surface area (Å²) in [7, 11) is 2.23. The van der Waals surface area contributed by atoms with E-state index in [4.69, 9.17) is 0 Å². The van der Waals surface area contributed by atoms with E-state index in [-0.39, 0.29) is 0 Å². The van der Waals surface area contributed by atoms with Gasteiger partial charge in [-0.3, -0.25) is 0 Å². The number of aromatic nitrogens is 1. The third-order valence-corrected chi connectivity index (χ3v) is 4.79. The molecule has 1 saturated heterocycles. The first-order chi connectivity index (χ1) is 9.74. The number of hydrogen-bond donors (Lipinski definition) is 0. The van der Waals surface area contributed by atoms with Crippen LogP contribution in [-0.2, 0) is 6.54 Å². The van der Waals surface area contributed by atoms with Gasteiger partial charge in [-0.1, -0.05) is 18.2 Å². The van der Waals surface area contributed by atoms with Gasteiger partial charge in [0.05, 0.1) is 6.04 Å². The van der Waals surface area contributed by atoms with Gasteiger partial charge in [-0.2, -0.15) is 0 Å². The third-order valence-electron chi connectivity index (χ3n) is 4.79. The number of piperazine rings is 1. The largest absolute Gasteiger partial charge is 0.360 e. The molecule has 0 radical (unpaired) electrons. The Hall–Kier alpha value is -1.74. The summed E-state index contributed by atoms with van der Waals surface area (Å²) in [5.41, 5.74) is 5.70. The van der Waals surface area contributed by atoms with E-state index < -0.39 is 0 Å². The first kappa shape index (κ1) is 12.0. The van der Waals surface area contributed by atoms with Crippen molar-refractivity contribution in [3.05, 3.63) is 53.3 Å². The van der Waals surface area contributed by atoms with Crippen molar-refractivity contribution in [1.82, 2.24) is 9.47 Å². The van der Waals surface area contributed by atoms with Crippen LogP contribution in [0.1, 0.15) is 23.0 Å². The predicted molar refractivity (Wildman–Crippen MR) is 82.3 cm³/mol. The minimum atomic E-state index is 0.478. The number of benzene rings is 1. The summed E-state index contributed by atoms with van der Waals surface area (Å²) in [6.07, 6.45) is 0. The smallest absolute Gasteiger partial charge is 0.0821 e. The zero-order valence-corrected chi connectivity index (χ0v) is 12.2. The molecule has 2 aliphatic heterocycles. The van der Waals surface area contributed by atoms with Crippen LogP contribution in [-0.4, -0.2) is 36.1 Å². The molecule has 4 rings (SSSR count). The first-order valence-electron chi connectivity index (χ1n) is 7.43. The molecule has 0 N–H and O–H groups in total. The van der Waals surface area contributed by atoms with Crippen molar-refractivity contribution in [2.75, 3.05) is 31.6 Å².